The van der Waals surface area contributed by atoms with Crippen molar-refractivity contribution in [1.82, 2.24) is 35.1 Å². The minimum Gasteiger partial charge on any atom is -0.344 e. The lowest BCUT2D eigenvalue weighted by atomic mass is 10.0. The Balaban J connectivity index is 1.41. The summed E-state index contributed by atoms with van der Waals surface area (Å²) in [7, 11) is 0. The van der Waals surface area contributed by atoms with Gasteiger partial charge in [0.05, 0.1) is 41.4 Å². The number of carbonyl (C=O) groups excluding carboxylic acids is 1. The van der Waals surface area contributed by atoms with E-state index in [9.17, 15) is 22.8 Å². The number of thioether (sulfide) groups is 1. The van der Waals surface area contributed by atoms with Gasteiger partial charge in [-0.1, -0.05) is 23.4 Å². The first-order valence-electron chi connectivity index (χ1n) is 11.6. The largest absolute Gasteiger partial charge is 0.344 e. The smallest absolute Gasteiger partial charge is 0.273 e. The average Bonchev–Trinajstić information content (AvgIpc) is 3.31. The predicted molar refractivity (Wildman–Crippen MR) is 135 cm³/mol. The molecule has 13 heteroatoms. The Bertz CT molecular complexity index is 1560. The van der Waals surface area contributed by atoms with Crippen LogP contribution in [0.4, 0.5) is 13.2 Å². The van der Waals surface area contributed by atoms with Gasteiger partial charge in [0.1, 0.15) is 11.5 Å². The number of aromatic nitrogens is 6. The summed E-state index contributed by atoms with van der Waals surface area (Å²) in [6, 6.07) is 7.01. The lowest BCUT2D eigenvalue weighted by Gasteiger charge is -2.26. The van der Waals surface area contributed by atoms with Gasteiger partial charge in [-0.05, 0) is 19.1 Å². The zero-order valence-electron chi connectivity index (χ0n) is 20.3. The lowest BCUT2D eigenvalue weighted by Crippen LogP contribution is -2.31. The third kappa shape index (κ3) is 4.93. The van der Waals surface area contributed by atoms with Crippen molar-refractivity contribution in [1.29, 1.82) is 0 Å². The van der Waals surface area contributed by atoms with Crippen molar-refractivity contribution in [3.05, 3.63) is 88.0 Å². The molecule has 196 valence electrons. The van der Waals surface area contributed by atoms with Crippen LogP contribution < -0.4 is 10.9 Å². The summed E-state index contributed by atoms with van der Waals surface area (Å²) in [6.07, 6.45) is 4.67. The molecule has 1 N–H and O–H groups in total. The van der Waals surface area contributed by atoms with Crippen LogP contribution in [0.2, 0.25) is 0 Å². The monoisotopic (exact) mass is 541 g/mol. The number of nitrogens with zero attached hydrogens (tertiary/aromatic N) is 6. The van der Waals surface area contributed by atoms with E-state index < -0.39 is 34.8 Å². The second kappa shape index (κ2) is 10.0. The molecule has 0 spiro atoms. The van der Waals surface area contributed by atoms with Crippen LogP contribution in [0, 0.1) is 5.82 Å². The fraction of sp³-hybridized carbons (Fsp3) is 0.280. The van der Waals surface area contributed by atoms with Crippen LogP contribution in [0.3, 0.4) is 0 Å². The van der Waals surface area contributed by atoms with Gasteiger partial charge in [0.15, 0.2) is 0 Å². The van der Waals surface area contributed by atoms with Gasteiger partial charge in [-0.2, -0.15) is 21.5 Å². The highest BCUT2D eigenvalue weighted by Crippen LogP contribution is 2.33. The van der Waals surface area contributed by atoms with E-state index in [-0.39, 0.29) is 17.3 Å². The first-order valence-corrected chi connectivity index (χ1v) is 12.8. The molecule has 0 aliphatic carbocycles. The molecule has 5 rings (SSSR count). The zero-order valence-corrected chi connectivity index (χ0v) is 21.1. The highest BCUT2D eigenvalue weighted by Gasteiger charge is 2.30. The molecule has 0 radical (unpaired) electrons. The van der Waals surface area contributed by atoms with Crippen LogP contribution >= 0.6 is 11.8 Å². The van der Waals surface area contributed by atoms with E-state index in [1.165, 1.54) is 37.4 Å². The Kier molecular flexibility index (Phi) is 6.78. The van der Waals surface area contributed by atoms with Gasteiger partial charge in [0.2, 0.25) is 0 Å². The molecule has 38 heavy (non-hydrogen) atoms. The number of pyridine rings is 1. The number of carbonyl (C=O) groups is 1. The topological polar surface area (TPSA) is 108 Å². The Morgan fingerprint density at radius 1 is 1.18 bits per heavy atom. The summed E-state index contributed by atoms with van der Waals surface area (Å²) in [5.74, 6) is -3.34. The fourth-order valence-corrected chi connectivity index (χ4v) is 4.79. The van der Waals surface area contributed by atoms with Crippen molar-refractivity contribution in [3.63, 3.8) is 0 Å². The molecule has 1 fully saturated rings. The summed E-state index contributed by atoms with van der Waals surface area (Å²) in [5, 5.41) is 14.9. The molecule has 0 bridgehead atoms. The van der Waals surface area contributed by atoms with Crippen molar-refractivity contribution in [2.24, 2.45) is 0 Å². The van der Waals surface area contributed by atoms with Gasteiger partial charge in [0, 0.05) is 41.8 Å². The maximum Gasteiger partial charge on any atom is 0.273 e. The second-order valence-corrected chi connectivity index (χ2v) is 10.0. The Labute approximate surface area is 219 Å². The van der Waals surface area contributed by atoms with Crippen molar-refractivity contribution in [2.45, 2.75) is 31.9 Å². The molecule has 1 aromatic carbocycles. The van der Waals surface area contributed by atoms with E-state index in [0.717, 1.165) is 27.9 Å². The Hall–Kier alpha value is -4.00. The van der Waals surface area contributed by atoms with Crippen molar-refractivity contribution < 1.29 is 18.0 Å². The van der Waals surface area contributed by atoms with E-state index in [0.29, 0.717) is 18.2 Å². The maximum absolute atomic E-state index is 14.8. The van der Waals surface area contributed by atoms with Gasteiger partial charge >= 0.3 is 0 Å². The van der Waals surface area contributed by atoms with Gasteiger partial charge in [-0.25, -0.2) is 17.9 Å². The quantitative estimate of drug-likeness (QED) is 0.378. The molecular formula is C25H22F3N7O2S. The summed E-state index contributed by atoms with van der Waals surface area (Å²) in [4.78, 5) is 29.8. The zero-order chi connectivity index (χ0) is 27.0. The summed E-state index contributed by atoms with van der Waals surface area (Å²) < 4.78 is 45.1. The molecule has 0 unspecified atom stereocenters. The normalized spacial score (nSPS) is 14.7. The second-order valence-electron chi connectivity index (χ2n) is 8.95. The molecular weight excluding hydrogens is 519 g/mol. The molecule has 1 amide bonds. The number of benzene rings is 1. The Morgan fingerprint density at radius 2 is 1.97 bits per heavy atom. The molecule has 4 aromatic rings. The van der Waals surface area contributed by atoms with E-state index in [1.54, 1.807) is 30.2 Å². The van der Waals surface area contributed by atoms with Gasteiger partial charge < -0.3 is 5.32 Å². The van der Waals surface area contributed by atoms with Crippen LogP contribution in [0.15, 0.2) is 59.8 Å². The van der Waals surface area contributed by atoms with Crippen LogP contribution in [0.5, 0.6) is 0 Å². The summed E-state index contributed by atoms with van der Waals surface area (Å²) >= 11 is 1.81. The number of nitrogens with one attached hydrogen (secondary N) is 1. The first kappa shape index (κ1) is 25.6. The highest BCUT2D eigenvalue weighted by molar-refractivity contribution is 8.00. The fourth-order valence-electron chi connectivity index (χ4n) is 4.06. The molecule has 1 saturated heterocycles. The summed E-state index contributed by atoms with van der Waals surface area (Å²) in [5.41, 5.74) is 0.235. The SMILES string of the molecule is C[C@@H](NC(=O)c1ccc(=O)n(-c2cncc(-c3cnnn3C3CSC3)c2)n1)c1cccc(C(C)(F)F)c1F. The van der Waals surface area contributed by atoms with Crippen LogP contribution in [-0.4, -0.2) is 47.2 Å². The average molecular weight is 542 g/mol. The van der Waals surface area contributed by atoms with Crippen molar-refractivity contribution in [2.75, 3.05) is 11.5 Å². The number of amides is 1. The van der Waals surface area contributed by atoms with Gasteiger partial charge in [-0.3, -0.25) is 14.6 Å². The molecule has 1 atom stereocenters. The number of hydrogen-bond donors (Lipinski definition) is 1. The minimum absolute atomic E-state index is 0.0994. The molecule has 9 nitrogen and oxygen atoms in total. The van der Waals surface area contributed by atoms with Gasteiger partial charge in [-0.15, -0.1) is 5.10 Å². The third-order valence-electron chi connectivity index (χ3n) is 6.15. The van der Waals surface area contributed by atoms with E-state index in [4.69, 9.17) is 0 Å². The minimum atomic E-state index is -3.38. The number of alkyl halides is 2. The molecule has 3 aromatic heterocycles. The Morgan fingerprint density at radius 3 is 2.68 bits per heavy atom. The molecule has 1 aliphatic rings. The highest BCUT2D eigenvalue weighted by atomic mass is 32.2. The first-order chi connectivity index (χ1) is 18.1. The van der Waals surface area contributed by atoms with Crippen molar-refractivity contribution in [3.8, 4) is 16.9 Å². The molecule has 1 aliphatic heterocycles. The summed E-state index contributed by atoms with van der Waals surface area (Å²) in [6.45, 7) is 2.07. The number of rotatable bonds is 7. The van der Waals surface area contributed by atoms with E-state index in [2.05, 4.69) is 25.7 Å². The van der Waals surface area contributed by atoms with Crippen LogP contribution in [0.25, 0.3) is 16.9 Å². The lowest BCUT2D eigenvalue weighted by molar-refractivity contribution is 0.0135. The van der Waals surface area contributed by atoms with E-state index in [1.807, 2.05) is 4.68 Å². The standard InChI is InChI=1S/C25H22F3N7O2S/c1-14(18-4-3-5-19(23(18)26)25(2,27)28)31-24(37)20-6-7-22(36)35(32-20)16-8-15(9-29-10-16)21-11-30-33-34(21)17-12-38-13-17/h3-11,14,17H,12-13H2,1-2H3,(H,31,37)/t14-/m1/s1. The van der Waals surface area contributed by atoms with Gasteiger partial charge in [0.25, 0.3) is 17.4 Å². The number of halogens is 3. The van der Waals surface area contributed by atoms with Crippen molar-refractivity contribution >= 4 is 17.7 Å². The van der Waals surface area contributed by atoms with Crippen LogP contribution in [0.1, 0.15) is 47.5 Å². The molecule has 0 saturated carbocycles. The molecule has 4 heterocycles. The van der Waals surface area contributed by atoms with Crippen LogP contribution in [-0.2, 0) is 5.92 Å². The van der Waals surface area contributed by atoms with E-state index >= 15 is 0 Å². The predicted octanol–water partition coefficient (Wildman–Crippen LogP) is 3.92. The number of hydrogen-bond acceptors (Lipinski definition) is 7. The third-order valence-corrected chi connectivity index (χ3v) is 7.39. The maximum atomic E-state index is 14.8.